The largest absolute Gasteiger partial charge is 0.481 e. The second-order valence-electron chi connectivity index (χ2n) is 6.64. The molecule has 1 amide bonds. The monoisotopic (exact) mass is 282 g/mol. The van der Waals surface area contributed by atoms with Gasteiger partial charge < -0.3 is 15.7 Å². The number of carbonyl (C=O) groups excluding carboxylic acids is 1. The van der Waals surface area contributed by atoms with Crippen LogP contribution in [0.1, 0.15) is 45.4 Å². The van der Waals surface area contributed by atoms with Crippen molar-refractivity contribution >= 4 is 11.9 Å². The van der Waals surface area contributed by atoms with Gasteiger partial charge in [-0.15, -0.1) is 0 Å². The number of hydrogen-bond acceptors (Lipinski definition) is 3. The zero-order valence-corrected chi connectivity index (χ0v) is 12.3. The van der Waals surface area contributed by atoms with Crippen LogP contribution in [0.3, 0.4) is 0 Å². The normalized spacial score (nSPS) is 30.0. The van der Waals surface area contributed by atoms with Crippen molar-refractivity contribution in [2.75, 3.05) is 19.6 Å². The van der Waals surface area contributed by atoms with E-state index in [1.54, 1.807) is 6.92 Å². The SMILES string of the molecule is CC1(C(=O)O)CCN(C(=O)C2CCC(CN)CC2)CC1. The summed E-state index contributed by atoms with van der Waals surface area (Å²) in [5.41, 5.74) is 5.02. The highest BCUT2D eigenvalue weighted by molar-refractivity contribution is 5.80. The van der Waals surface area contributed by atoms with E-state index >= 15 is 0 Å². The minimum atomic E-state index is -0.743. The third-order valence-corrected chi connectivity index (χ3v) is 5.22. The maximum atomic E-state index is 12.5. The maximum absolute atomic E-state index is 12.5. The van der Waals surface area contributed by atoms with Crippen LogP contribution in [0.5, 0.6) is 0 Å². The number of carboxylic acid groups (broad SMARTS) is 1. The van der Waals surface area contributed by atoms with Crippen LogP contribution in [-0.2, 0) is 9.59 Å². The molecule has 1 heterocycles. The Morgan fingerprint density at radius 3 is 2.20 bits per heavy atom. The Morgan fingerprint density at radius 1 is 1.20 bits per heavy atom. The van der Waals surface area contributed by atoms with Gasteiger partial charge in [0.2, 0.25) is 5.91 Å². The second kappa shape index (κ2) is 6.12. The molecule has 20 heavy (non-hydrogen) atoms. The molecule has 2 fully saturated rings. The van der Waals surface area contributed by atoms with Crippen molar-refractivity contribution in [3.8, 4) is 0 Å². The van der Waals surface area contributed by atoms with Crippen LogP contribution in [0, 0.1) is 17.3 Å². The fraction of sp³-hybridized carbons (Fsp3) is 0.867. The van der Waals surface area contributed by atoms with E-state index in [-0.39, 0.29) is 11.8 Å². The van der Waals surface area contributed by atoms with Crippen LogP contribution in [0.25, 0.3) is 0 Å². The van der Waals surface area contributed by atoms with E-state index in [0.29, 0.717) is 31.8 Å². The van der Waals surface area contributed by atoms with Crippen molar-refractivity contribution in [2.45, 2.75) is 45.4 Å². The van der Waals surface area contributed by atoms with Gasteiger partial charge >= 0.3 is 5.97 Å². The summed E-state index contributed by atoms with van der Waals surface area (Å²) < 4.78 is 0. The predicted octanol–water partition coefficient (Wildman–Crippen LogP) is 1.46. The molecule has 1 saturated heterocycles. The average molecular weight is 282 g/mol. The van der Waals surface area contributed by atoms with E-state index in [1.165, 1.54) is 0 Å². The molecule has 0 bridgehead atoms. The Balaban J connectivity index is 1.85. The standard InChI is InChI=1S/C15H26N2O3/c1-15(14(19)20)6-8-17(9-7-15)13(18)12-4-2-11(10-16)3-5-12/h11-12H,2-10,16H2,1H3,(H,19,20). The van der Waals surface area contributed by atoms with Crippen molar-refractivity contribution in [1.29, 1.82) is 0 Å². The quantitative estimate of drug-likeness (QED) is 0.821. The molecule has 1 saturated carbocycles. The van der Waals surface area contributed by atoms with Gasteiger partial charge in [-0.3, -0.25) is 9.59 Å². The Bertz CT molecular complexity index is 367. The maximum Gasteiger partial charge on any atom is 0.309 e. The van der Waals surface area contributed by atoms with Gasteiger partial charge in [0.25, 0.3) is 0 Å². The number of carboxylic acids is 1. The molecule has 5 heteroatoms. The van der Waals surface area contributed by atoms with Crippen molar-refractivity contribution in [1.82, 2.24) is 4.90 Å². The van der Waals surface area contributed by atoms with Gasteiger partial charge in [0, 0.05) is 19.0 Å². The lowest BCUT2D eigenvalue weighted by molar-refractivity contribution is -0.154. The van der Waals surface area contributed by atoms with Gasteiger partial charge in [-0.1, -0.05) is 0 Å². The zero-order valence-electron chi connectivity index (χ0n) is 12.3. The van der Waals surface area contributed by atoms with Crippen molar-refractivity contribution in [2.24, 2.45) is 23.0 Å². The topological polar surface area (TPSA) is 83.6 Å². The van der Waals surface area contributed by atoms with Crippen LogP contribution >= 0.6 is 0 Å². The molecule has 0 aromatic heterocycles. The van der Waals surface area contributed by atoms with E-state index < -0.39 is 11.4 Å². The van der Waals surface area contributed by atoms with Crippen molar-refractivity contribution < 1.29 is 14.7 Å². The molecular weight excluding hydrogens is 256 g/mol. The van der Waals surface area contributed by atoms with E-state index in [1.807, 2.05) is 4.90 Å². The number of hydrogen-bond donors (Lipinski definition) is 2. The fourth-order valence-corrected chi connectivity index (χ4v) is 3.34. The molecule has 1 aliphatic carbocycles. The summed E-state index contributed by atoms with van der Waals surface area (Å²) in [6, 6.07) is 0. The van der Waals surface area contributed by atoms with E-state index in [9.17, 15) is 14.7 Å². The number of likely N-dealkylation sites (tertiary alicyclic amines) is 1. The highest BCUT2D eigenvalue weighted by atomic mass is 16.4. The summed E-state index contributed by atoms with van der Waals surface area (Å²) in [6.45, 7) is 3.67. The summed E-state index contributed by atoms with van der Waals surface area (Å²) in [6.07, 6.45) is 5.10. The molecule has 2 rings (SSSR count). The fourth-order valence-electron chi connectivity index (χ4n) is 3.34. The number of amides is 1. The average Bonchev–Trinajstić information content (AvgIpc) is 2.47. The lowest BCUT2D eigenvalue weighted by Gasteiger charge is -2.39. The van der Waals surface area contributed by atoms with Crippen LogP contribution in [0.15, 0.2) is 0 Å². The van der Waals surface area contributed by atoms with Gasteiger partial charge in [0.05, 0.1) is 5.41 Å². The first-order valence-electron chi connectivity index (χ1n) is 7.68. The highest BCUT2D eigenvalue weighted by Gasteiger charge is 2.39. The molecule has 5 nitrogen and oxygen atoms in total. The van der Waals surface area contributed by atoms with Crippen LogP contribution in [0.4, 0.5) is 0 Å². The smallest absolute Gasteiger partial charge is 0.309 e. The van der Waals surface area contributed by atoms with Gasteiger partial charge in [-0.05, 0) is 57.9 Å². The lowest BCUT2D eigenvalue weighted by Crippen LogP contribution is -2.47. The van der Waals surface area contributed by atoms with Crippen LogP contribution < -0.4 is 5.73 Å². The number of carbonyl (C=O) groups is 2. The zero-order chi connectivity index (χ0) is 14.8. The third-order valence-electron chi connectivity index (χ3n) is 5.22. The Hall–Kier alpha value is -1.10. The first kappa shape index (κ1) is 15.3. The van der Waals surface area contributed by atoms with Gasteiger partial charge in [0.15, 0.2) is 0 Å². The molecule has 0 radical (unpaired) electrons. The number of aliphatic carboxylic acids is 1. The number of piperidine rings is 1. The molecule has 0 atom stereocenters. The molecule has 1 aliphatic heterocycles. The van der Waals surface area contributed by atoms with Gasteiger partial charge in [-0.25, -0.2) is 0 Å². The predicted molar refractivity (Wildman–Crippen MR) is 76.1 cm³/mol. The molecule has 0 aromatic carbocycles. The van der Waals surface area contributed by atoms with E-state index in [2.05, 4.69) is 0 Å². The van der Waals surface area contributed by atoms with Crippen LogP contribution in [0.2, 0.25) is 0 Å². The molecular formula is C15H26N2O3. The summed E-state index contributed by atoms with van der Waals surface area (Å²) >= 11 is 0. The highest BCUT2D eigenvalue weighted by Crippen LogP contribution is 2.34. The number of rotatable bonds is 3. The van der Waals surface area contributed by atoms with Crippen molar-refractivity contribution in [3.05, 3.63) is 0 Å². The van der Waals surface area contributed by atoms with E-state index in [4.69, 9.17) is 5.73 Å². The first-order valence-corrected chi connectivity index (χ1v) is 7.68. The Morgan fingerprint density at radius 2 is 1.75 bits per heavy atom. The summed E-state index contributed by atoms with van der Waals surface area (Å²) in [4.78, 5) is 25.6. The lowest BCUT2D eigenvalue weighted by atomic mass is 9.78. The third kappa shape index (κ3) is 3.14. The Kier molecular flexibility index (Phi) is 4.68. The van der Waals surface area contributed by atoms with Crippen LogP contribution in [-0.4, -0.2) is 41.5 Å². The molecule has 0 aromatic rings. The minimum absolute atomic E-state index is 0.131. The summed E-state index contributed by atoms with van der Waals surface area (Å²) in [7, 11) is 0. The molecule has 0 unspecified atom stereocenters. The van der Waals surface area contributed by atoms with E-state index in [0.717, 1.165) is 32.2 Å². The molecule has 0 spiro atoms. The summed E-state index contributed by atoms with van der Waals surface area (Å²) in [5, 5.41) is 9.21. The van der Waals surface area contributed by atoms with Crippen molar-refractivity contribution in [3.63, 3.8) is 0 Å². The van der Waals surface area contributed by atoms with Gasteiger partial charge in [0.1, 0.15) is 0 Å². The Labute approximate surface area is 120 Å². The summed E-state index contributed by atoms with van der Waals surface area (Å²) in [5.74, 6) is 0.198. The number of nitrogens with zero attached hydrogens (tertiary/aromatic N) is 1. The molecule has 2 aliphatic rings. The first-order chi connectivity index (χ1) is 9.46. The number of nitrogens with two attached hydrogens (primary N) is 1. The molecule has 114 valence electrons. The van der Waals surface area contributed by atoms with Gasteiger partial charge in [-0.2, -0.15) is 0 Å². The second-order valence-corrected chi connectivity index (χ2v) is 6.64. The minimum Gasteiger partial charge on any atom is -0.481 e. The molecule has 3 N–H and O–H groups in total.